The molecule has 3 aromatic rings. The number of ether oxygens (including phenoxy) is 3. The van der Waals surface area contributed by atoms with Crippen LogP contribution in [0.15, 0.2) is 54.7 Å². The van der Waals surface area contributed by atoms with Crippen LogP contribution in [0.4, 0.5) is 10.5 Å². The molecule has 2 aromatic carbocycles. The number of hydrogen-bond donors (Lipinski definition) is 23. The van der Waals surface area contributed by atoms with Crippen LogP contribution < -0.4 is 91.2 Å². The normalized spacial score (nSPS) is 20.2. The summed E-state index contributed by atoms with van der Waals surface area (Å²) in [5, 5.41) is 83.9. The fourth-order valence-corrected chi connectivity index (χ4v) is 13.1. The van der Waals surface area contributed by atoms with Crippen LogP contribution in [0.25, 0.3) is 10.9 Å². The van der Waals surface area contributed by atoms with Crippen molar-refractivity contribution in [3.8, 4) is 0 Å². The van der Waals surface area contributed by atoms with E-state index in [2.05, 4.69) is 80.4 Å². The number of aliphatic carboxylic acids is 4. The molecular weight excluding hydrogens is 1750 g/mol. The van der Waals surface area contributed by atoms with E-state index in [-0.39, 0.29) is 30.5 Å². The lowest BCUT2D eigenvalue weighted by Crippen LogP contribution is -2.62. The number of benzene rings is 2. The first kappa shape index (κ1) is 110. The molecule has 25 N–H and O–H groups in total. The Hall–Kier alpha value is -14.4. The van der Waals surface area contributed by atoms with Gasteiger partial charge in [0.15, 0.2) is 5.78 Å². The summed E-state index contributed by atoms with van der Waals surface area (Å²) < 4.78 is 15.7. The molecule has 14 atom stereocenters. The summed E-state index contributed by atoms with van der Waals surface area (Å²) >= 11 is 0. The number of rotatable bonds is 41. The van der Waals surface area contributed by atoms with Crippen molar-refractivity contribution in [3.63, 3.8) is 0 Å². The lowest BCUT2D eigenvalue weighted by atomic mass is 9.96. The highest BCUT2D eigenvalue weighted by Gasteiger charge is 2.42. The zero-order chi connectivity index (χ0) is 98.8. The third-order valence-electron chi connectivity index (χ3n) is 20.0. The minimum Gasteiger partial charge on any atom is -0.481 e. The van der Waals surface area contributed by atoms with Crippen LogP contribution >= 0.6 is 0 Å². The van der Waals surface area contributed by atoms with Crippen LogP contribution in [0.1, 0.15) is 180 Å². The molecule has 2 heterocycles. The summed E-state index contributed by atoms with van der Waals surface area (Å²) in [6.07, 6.45) is -5.51. The number of H-pyrrole nitrogens is 1. The van der Waals surface area contributed by atoms with E-state index < -0.39 is 310 Å². The number of nitrogens with two attached hydrogens (primary N) is 2. The molecule has 49 heteroatoms. The smallest absolute Gasteiger partial charge is 0.408 e. The van der Waals surface area contributed by atoms with Gasteiger partial charge >= 0.3 is 41.9 Å². The first-order chi connectivity index (χ1) is 62.1. The number of hydrogen-bond acceptors (Lipinski definition) is 28. The van der Waals surface area contributed by atoms with Crippen LogP contribution in [0.3, 0.4) is 0 Å². The molecule has 0 saturated carbocycles. The molecule has 0 aliphatic carbocycles. The van der Waals surface area contributed by atoms with E-state index in [4.69, 9.17) is 20.9 Å². The maximum atomic E-state index is 15.1. The number of esters is 2. The number of nitrogens with one attached hydrogen (secondary N) is 16. The number of carboxylic acids is 4. The van der Waals surface area contributed by atoms with Crippen molar-refractivity contribution in [2.75, 3.05) is 39.1 Å². The van der Waals surface area contributed by atoms with Crippen molar-refractivity contribution in [1.82, 2.24) is 84.7 Å². The van der Waals surface area contributed by atoms with Gasteiger partial charge in [0, 0.05) is 60.6 Å². The van der Waals surface area contributed by atoms with Crippen LogP contribution in [0, 0.1) is 5.92 Å². The van der Waals surface area contributed by atoms with E-state index in [0.29, 0.717) is 29.3 Å². The number of ketones is 1. The number of primary amides is 1. The van der Waals surface area contributed by atoms with Gasteiger partial charge in [-0.1, -0.05) is 82.7 Å². The third kappa shape index (κ3) is 39.2. The number of carbonyl (C=O) groups is 23. The summed E-state index contributed by atoms with van der Waals surface area (Å²) in [7, 11) is 1.05. The predicted molar refractivity (Wildman–Crippen MR) is 459 cm³/mol. The third-order valence-corrected chi connectivity index (χ3v) is 20.0. The Kier molecular flexibility index (Phi) is 45.6. The van der Waals surface area contributed by atoms with Crippen molar-refractivity contribution < 1.29 is 150 Å². The fourth-order valence-electron chi connectivity index (χ4n) is 13.1. The summed E-state index contributed by atoms with van der Waals surface area (Å²) in [5.74, 6) is -32.7. The molecule has 16 amide bonds. The topological polar surface area (TPSA) is 770 Å². The predicted octanol–water partition coefficient (Wildman–Crippen LogP) is -4.62. The van der Waals surface area contributed by atoms with Gasteiger partial charge in [-0.05, 0) is 90.0 Å². The molecule has 0 radical (unpaired) electrons. The number of fused-ring (bicyclic) bond motifs is 1. The average molecular weight is 1860 g/mol. The van der Waals surface area contributed by atoms with Gasteiger partial charge in [0.1, 0.15) is 84.2 Å². The second kappa shape index (κ2) is 54.8. The van der Waals surface area contributed by atoms with Crippen LogP contribution in [-0.4, -0.2) is 284 Å². The minimum absolute atomic E-state index is 0.0469. The summed E-state index contributed by atoms with van der Waals surface area (Å²) in [5.41, 5.74) is 11.2. The van der Waals surface area contributed by atoms with Gasteiger partial charge in [-0.3, -0.25) is 101 Å². The number of aromatic nitrogens is 1. The van der Waals surface area contributed by atoms with Crippen molar-refractivity contribution in [1.29, 1.82) is 0 Å². The van der Waals surface area contributed by atoms with Crippen molar-refractivity contribution in [3.05, 3.63) is 65.9 Å². The van der Waals surface area contributed by atoms with E-state index in [1.165, 1.54) is 45.0 Å². The molecule has 14 unspecified atom stereocenters. The number of amides is 16. The number of alkyl carbamates (subject to hydrolysis) is 1. The Morgan fingerprint density at radius 2 is 1.11 bits per heavy atom. The fraction of sp³-hybridized carbons (Fsp3) is 0.554. The van der Waals surface area contributed by atoms with Gasteiger partial charge in [-0.2, -0.15) is 0 Å². The number of anilines is 1. The SMILES string of the molecule is CCCCCCCCCC(=O)NC(Cc1c[nH]c2ccccc12)C(=O)NC(CC(N)=O)C(=O)NC(CC(=O)O)C(=O)NC1C(=O)NCC(=O)NC(CCCNC(=O)C(CCC(=O)OC)NC(=O)OC(C)(C)C)C(=O)NC(CC(=O)O)C(=O)NC(C)C(=O)NC(CC(=O)O)C(=O)NCC(=O)NC(CO)C(=O)NC(C(C)CC(=O)O)C(=O)NC(CC(=O)c2ccccc2N)C(=O)OC1C. The molecule has 0 bridgehead atoms. The molecule has 4 rings (SSSR count). The average Bonchev–Trinajstić information content (AvgIpc) is 1.68. The molecule has 1 aromatic heterocycles. The largest absolute Gasteiger partial charge is 0.481 e. The van der Waals surface area contributed by atoms with Gasteiger partial charge in [0.2, 0.25) is 88.6 Å². The lowest BCUT2D eigenvalue weighted by molar-refractivity contribution is -0.156. The number of nitrogen functional groups attached to an aromatic ring is 1. The van der Waals surface area contributed by atoms with Crippen molar-refractivity contribution >= 4 is 153 Å². The number of aromatic amines is 1. The van der Waals surface area contributed by atoms with Crippen LogP contribution in [0.2, 0.25) is 0 Å². The Balaban J connectivity index is 1.96. The molecule has 132 heavy (non-hydrogen) atoms. The minimum atomic E-state index is -2.55. The number of carboxylic acid groups (broad SMARTS) is 4. The molecule has 726 valence electrons. The van der Waals surface area contributed by atoms with Crippen molar-refractivity contribution in [2.45, 2.75) is 255 Å². The first-order valence-corrected chi connectivity index (χ1v) is 42.2. The zero-order valence-corrected chi connectivity index (χ0v) is 74.0. The molecular formula is C83H118N18O31. The molecule has 1 aliphatic heterocycles. The Morgan fingerprint density at radius 3 is 1.70 bits per heavy atom. The summed E-state index contributed by atoms with van der Waals surface area (Å²) in [6.45, 7) is 4.99. The quantitative estimate of drug-likeness (QED) is 0.00835. The number of unbranched alkanes of at least 4 members (excludes halogenated alkanes) is 6. The van der Waals surface area contributed by atoms with Crippen LogP contribution in [-0.2, 0) is 121 Å². The highest BCUT2D eigenvalue weighted by molar-refractivity contribution is 6.05. The number of aliphatic hydroxyl groups is 1. The van der Waals surface area contributed by atoms with E-state index in [0.717, 1.165) is 60.0 Å². The van der Waals surface area contributed by atoms with E-state index >= 15 is 9.59 Å². The van der Waals surface area contributed by atoms with Gasteiger partial charge < -0.3 is 136 Å². The molecule has 1 aliphatic rings. The summed E-state index contributed by atoms with van der Waals surface area (Å²) in [6, 6.07) is -13.2. The monoisotopic (exact) mass is 1860 g/mol. The van der Waals surface area contributed by atoms with E-state index in [9.17, 15) is 126 Å². The Bertz CT molecular complexity index is 4670. The standard InChI is InChI=1S/C83H118N18O31/c1-9-10-11-12-13-14-15-26-60(105)92-51(31-44-37-87-48-24-19-17-21-45(44)48)75(122)95-52(33-59(85)104)76(123)97-55(36-66(114)115)77(124)101-69-43(4)131-81(128)56(32-58(103)46-22-16-18-23-47(46)84)98-80(127)68(41(2)30-63(108)109)100-78(125)57(40-102)93-62(107)38-88-72(119)53(34-64(110)111)94-70(117)42(3)90-74(121)54(35-65(112)113)96-73(120)49(91-61(106)39-89-79(69)126)25-20-29-86-71(118)50(27-28-67(116)130-8)99-82(129)132-83(5,6)7/h16-19,21-24,37,41-43,49-57,68-69,87,102H,9-15,20,25-36,38-40,84H2,1-8H3,(H2,85,104)(H,86,118)(H,88,119)(H,89,126)(H,90,121)(H,91,106)(H,92,105)(H,93,107)(H,94,117)(H,95,122)(H,96,120)(H,97,123)(H,98,127)(H,99,129)(H,100,125)(H,101,124)(H,108,109)(H,110,111)(H,112,113)(H,114,115). The number of methoxy groups -OCH3 is 1. The number of carbonyl (C=O) groups excluding carboxylic acids is 19. The van der Waals surface area contributed by atoms with Gasteiger partial charge in [0.05, 0.1) is 58.9 Å². The van der Waals surface area contributed by atoms with Crippen molar-refractivity contribution in [2.24, 2.45) is 11.7 Å². The zero-order valence-electron chi connectivity index (χ0n) is 74.0. The van der Waals surface area contributed by atoms with Gasteiger partial charge in [-0.15, -0.1) is 0 Å². The number of Topliss-reactive ketones (excluding diaryl/α,β-unsaturated/α-hetero) is 1. The molecule has 0 spiro atoms. The maximum absolute atomic E-state index is 15.1. The molecule has 1 saturated heterocycles. The van der Waals surface area contributed by atoms with Gasteiger partial charge in [-0.25, -0.2) is 9.59 Å². The summed E-state index contributed by atoms with van der Waals surface area (Å²) in [4.78, 5) is 319. The van der Waals surface area contributed by atoms with Gasteiger partial charge in [0.25, 0.3) is 0 Å². The Labute approximate surface area is 756 Å². The second-order valence-electron chi connectivity index (χ2n) is 32.1. The van der Waals surface area contributed by atoms with E-state index in [1.807, 2.05) is 16.0 Å². The molecule has 1 fully saturated rings. The molecule has 49 nitrogen and oxygen atoms in total. The second-order valence-corrected chi connectivity index (χ2v) is 32.1. The first-order valence-electron chi connectivity index (χ1n) is 42.2. The highest BCUT2D eigenvalue weighted by Crippen LogP contribution is 2.22. The Morgan fingerprint density at radius 1 is 0.553 bits per heavy atom. The van der Waals surface area contributed by atoms with E-state index in [1.54, 1.807) is 30.5 Å². The highest BCUT2D eigenvalue weighted by atomic mass is 16.6. The van der Waals surface area contributed by atoms with Crippen LogP contribution in [0.5, 0.6) is 0 Å². The number of cyclic esters (lactones) is 1. The lowest BCUT2D eigenvalue weighted by Gasteiger charge is -2.30. The number of para-hydroxylation sites is 2. The maximum Gasteiger partial charge on any atom is 0.408 e. The number of aliphatic hydroxyl groups excluding tert-OH is 1.